The molecule has 1 aliphatic rings. The standard InChI is InChI=1S/C20H22N8O2/c21-14-11-15(22)18(30-10-9-29)12-16(14)25-19-17-3-1-2-6-28(17)26-20(19)24-5-8-27-7-4-23-13-27/h1-4,6-7,11-13,21,29H,5,8-10,22H2,(H,24,26). The molecule has 10 nitrogen and oxygen atoms in total. The molecule has 0 bridgehead atoms. The summed E-state index contributed by atoms with van der Waals surface area (Å²) in [5.74, 6) is 0.986. The zero-order valence-electron chi connectivity index (χ0n) is 16.2. The number of imidazole rings is 1. The predicted octanol–water partition coefficient (Wildman–Crippen LogP) is 1.48. The van der Waals surface area contributed by atoms with Gasteiger partial charge in [0.05, 0.1) is 35.6 Å². The molecule has 0 aliphatic heterocycles. The molecule has 0 aromatic carbocycles. The number of nitrogens with two attached hydrogens (primary N) is 1. The quantitative estimate of drug-likeness (QED) is 0.418. The first kappa shape index (κ1) is 19.4. The van der Waals surface area contributed by atoms with Crippen LogP contribution in [0.5, 0.6) is 0 Å². The van der Waals surface area contributed by atoms with Crippen molar-refractivity contribution in [3.8, 4) is 0 Å². The molecule has 3 aromatic heterocycles. The molecule has 0 fully saturated rings. The first-order valence-electron chi connectivity index (χ1n) is 9.43. The van der Waals surface area contributed by atoms with E-state index in [1.807, 2.05) is 35.2 Å². The van der Waals surface area contributed by atoms with Crippen molar-refractivity contribution >= 4 is 28.4 Å². The maximum atomic E-state index is 9.00. The molecule has 0 spiro atoms. The fourth-order valence-electron chi connectivity index (χ4n) is 3.02. The van der Waals surface area contributed by atoms with E-state index in [0.717, 1.165) is 12.1 Å². The number of nitrogens with zero attached hydrogens (tertiary/aromatic N) is 5. The zero-order valence-corrected chi connectivity index (χ0v) is 16.2. The normalized spacial score (nSPS) is 15.4. The van der Waals surface area contributed by atoms with Crippen LogP contribution in [-0.2, 0) is 11.3 Å². The maximum Gasteiger partial charge on any atom is 0.175 e. The van der Waals surface area contributed by atoms with Gasteiger partial charge in [0.2, 0.25) is 0 Å². The molecule has 5 N–H and O–H groups in total. The lowest BCUT2D eigenvalue weighted by Crippen LogP contribution is -2.20. The highest BCUT2D eigenvalue weighted by atomic mass is 16.5. The Morgan fingerprint density at radius 3 is 2.97 bits per heavy atom. The third kappa shape index (κ3) is 4.08. The highest BCUT2D eigenvalue weighted by molar-refractivity contribution is 6.50. The van der Waals surface area contributed by atoms with E-state index in [0.29, 0.717) is 35.2 Å². The molecule has 0 saturated carbocycles. The van der Waals surface area contributed by atoms with E-state index in [9.17, 15) is 0 Å². The molecular weight excluding hydrogens is 384 g/mol. The van der Waals surface area contributed by atoms with Crippen molar-refractivity contribution in [2.45, 2.75) is 6.54 Å². The molecule has 0 amide bonds. The molecule has 30 heavy (non-hydrogen) atoms. The van der Waals surface area contributed by atoms with Gasteiger partial charge < -0.3 is 25.5 Å². The van der Waals surface area contributed by atoms with Crippen LogP contribution < -0.4 is 11.1 Å². The molecule has 3 aromatic rings. The lowest BCUT2D eigenvalue weighted by atomic mass is 10.1. The first-order valence-corrected chi connectivity index (χ1v) is 9.43. The minimum atomic E-state index is -0.131. The van der Waals surface area contributed by atoms with E-state index in [2.05, 4.69) is 15.4 Å². The summed E-state index contributed by atoms with van der Waals surface area (Å²) >= 11 is 0. The second-order valence-electron chi connectivity index (χ2n) is 6.55. The van der Waals surface area contributed by atoms with Gasteiger partial charge in [0, 0.05) is 37.8 Å². The second kappa shape index (κ2) is 8.62. The number of nitrogens with one attached hydrogen (secondary N) is 2. The van der Waals surface area contributed by atoms with Gasteiger partial charge in [0.1, 0.15) is 18.1 Å². The number of anilines is 1. The lowest BCUT2D eigenvalue weighted by molar-refractivity contribution is 0.149. The summed E-state index contributed by atoms with van der Waals surface area (Å²) in [6.07, 6.45) is 10.3. The molecule has 154 valence electrons. The number of rotatable bonds is 8. The van der Waals surface area contributed by atoms with Gasteiger partial charge in [-0.15, -0.1) is 5.10 Å². The van der Waals surface area contributed by atoms with Crippen LogP contribution in [0.4, 0.5) is 11.5 Å². The Bertz CT molecular complexity index is 1140. The summed E-state index contributed by atoms with van der Waals surface area (Å²) in [5.41, 5.74) is 8.24. The number of aliphatic hydroxyl groups excluding tert-OH is 1. The summed E-state index contributed by atoms with van der Waals surface area (Å²) in [4.78, 5) is 8.74. The Kier molecular flexibility index (Phi) is 5.57. The Morgan fingerprint density at radius 2 is 2.17 bits per heavy atom. The largest absolute Gasteiger partial charge is 0.489 e. The van der Waals surface area contributed by atoms with Gasteiger partial charge in [0.15, 0.2) is 5.82 Å². The molecule has 4 rings (SSSR count). The van der Waals surface area contributed by atoms with E-state index in [-0.39, 0.29) is 18.9 Å². The van der Waals surface area contributed by atoms with Crippen LogP contribution in [0.3, 0.4) is 0 Å². The lowest BCUT2D eigenvalue weighted by Gasteiger charge is -2.15. The number of aromatic nitrogens is 4. The van der Waals surface area contributed by atoms with E-state index in [1.54, 1.807) is 23.1 Å². The van der Waals surface area contributed by atoms with Crippen molar-refractivity contribution in [3.63, 3.8) is 0 Å². The monoisotopic (exact) mass is 406 g/mol. The summed E-state index contributed by atoms with van der Waals surface area (Å²) in [6, 6.07) is 5.71. The van der Waals surface area contributed by atoms with E-state index in [4.69, 9.17) is 26.0 Å². The van der Waals surface area contributed by atoms with Gasteiger partial charge in [-0.1, -0.05) is 6.07 Å². The van der Waals surface area contributed by atoms with Crippen molar-refractivity contribution in [2.24, 2.45) is 10.7 Å². The molecule has 0 atom stereocenters. The molecule has 10 heteroatoms. The van der Waals surface area contributed by atoms with Crippen LogP contribution >= 0.6 is 0 Å². The number of ether oxygens (including phenoxy) is 1. The van der Waals surface area contributed by atoms with Gasteiger partial charge in [0.25, 0.3) is 0 Å². The maximum absolute atomic E-state index is 9.00. The first-order chi connectivity index (χ1) is 14.7. The van der Waals surface area contributed by atoms with Gasteiger partial charge in [-0.25, -0.2) is 14.5 Å². The van der Waals surface area contributed by atoms with Gasteiger partial charge in [-0.05, 0) is 18.2 Å². The number of aliphatic hydroxyl groups is 1. The Morgan fingerprint density at radius 1 is 1.27 bits per heavy atom. The Balaban J connectivity index is 1.66. The summed E-state index contributed by atoms with van der Waals surface area (Å²) < 4.78 is 9.16. The van der Waals surface area contributed by atoms with Crippen LogP contribution in [0.2, 0.25) is 0 Å². The number of allylic oxidation sites excluding steroid dienone is 2. The molecule has 1 aliphatic carbocycles. The topological polar surface area (TPSA) is 139 Å². The van der Waals surface area contributed by atoms with Crippen molar-refractivity contribution < 1.29 is 9.84 Å². The average molecular weight is 406 g/mol. The zero-order chi connectivity index (χ0) is 20.9. The number of hydrogen-bond donors (Lipinski definition) is 4. The van der Waals surface area contributed by atoms with Gasteiger partial charge in [-0.2, -0.15) is 0 Å². The summed E-state index contributed by atoms with van der Waals surface area (Å²) in [5, 5.41) is 25.2. The van der Waals surface area contributed by atoms with Crippen LogP contribution in [0.25, 0.3) is 5.52 Å². The minimum Gasteiger partial charge on any atom is -0.489 e. The SMILES string of the molecule is N=C1C=C(N)C(OCCO)=CC1=Nc1c(NCCn2ccnc2)nn2ccccc12. The smallest absolute Gasteiger partial charge is 0.175 e. The van der Waals surface area contributed by atoms with Gasteiger partial charge in [-0.3, -0.25) is 5.41 Å². The number of aliphatic imine (C=N–C) groups is 1. The van der Waals surface area contributed by atoms with Crippen LogP contribution in [0.1, 0.15) is 0 Å². The van der Waals surface area contributed by atoms with Gasteiger partial charge >= 0.3 is 0 Å². The van der Waals surface area contributed by atoms with Crippen LogP contribution in [0.15, 0.2) is 71.7 Å². The molecule has 0 radical (unpaired) electrons. The minimum absolute atomic E-state index is 0.110. The molecule has 3 heterocycles. The third-order valence-electron chi connectivity index (χ3n) is 4.44. The summed E-state index contributed by atoms with van der Waals surface area (Å²) in [6.45, 7) is 1.33. The second-order valence-corrected chi connectivity index (χ2v) is 6.55. The average Bonchev–Trinajstić information content (AvgIpc) is 3.37. The number of hydrogen-bond acceptors (Lipinski definition) is 8. The highest BCUT2D eigenvalue weighted by Gasteiger charge is 2.18. The number of pyridine rings is 1. The van der Waals surface area contributed by atoms with Crippen molar-refractivity contribution in [3.05, 3.63) is 66.7 Å². The van der Waals surface area contributed by atoms with E-state index >= 15 is 0 Å². The van der Waals surface area contributed by atoms with Crippen LogP contribution in [0, 0.1) is 5.41 Å². The van der Waals surface area contributed by atoms with Crippen molar-refractivity contribution in [1.82, 2.24) is 19.2 Å². The van der Waals surface area contributed by atoms with E-state index < -0.39 is 0 Å². The molecule has 0 unspecified atom stereocenters. The third-order valence-corrected chi connectivity index (χ3v) is 4.44. The van der Waals surface area contributed by atoms with Crippen molar-refractivity contribution in [1.29, 1.82) is 5.41 Å². The predicted molar refractivity (Wildman–Crippen MR) is 114 cm³/mol. The Hall–Kier alpha value is -3.92. The highest BCUT2D eigenvalue weighted by Crippen LogP contribution is 2.30. The Labute approximate surface area is 172 Å². The molecular formula is C20H22N8O2. The molecule has 0 saturated heterocycles. The van der Waals surface area contributed by atoms with E-state index in [1.165, 1.54) is 6.08 Å². The fraction of sp³-hybridized carbons (Fsp3) is 0.200. The summed E-state index contributed by atoms with van der Waals surface area (Å²) in [7, 11) is 0. The fourth-order valence-corrected chi connectivity index (χ4v) is 3.02. The van der Waals surface area contributed by atoms with Crippen molar-refractivity contribution in [2.75, 3.05) is 25.1 Å². The number of fused-ring (bicyclic) bond motifs is 1. The van der Waals surface area contributed by atoms with Crippen LogP contribution in [-0.4, -0.2) is 55.5 Å².